The van der Waals surface area contributed by atoms with Crippen LogP contribution in [0, 0.1) is 0 Å². The van der Waals surface area contributed by atoms with Crippen molar-refractivity contribution in [2.45, 2.75) is 0 Å². The van der Waals surface area contributed by atoms with E-state index in [-0.39, 0.29) is 0 Å². The molecule has 0 fully saturated rings. The van der Waals surface area contributed by atoms with Crippen LogP contribution in [-0.4, -0.2) is 19.1 Å². The molecule has 0 saturated heterocycles. The molecule has 0 atom stereocenters. The molecule has 6 heterocycles. The molecule has 0 aliphatic carbocycles. The predicted molar refractivity (Wildman–Crippen MR) is 262 cm³/mol. The Labute approximate surface area is 365 Å². The Morgan fingerprint density at radius 3 is 1.28 bits per heavy atom. The molecular formula is C58H34N4O2. The summed E-state index contributed by atoms with van der Waals surface area (Å²) in [5, 5.41) is 8.93. The summed E-state index contributed by atoms with van der Waals surface area (Å²) < 4.78 is 17.2. The monoisotopic (exact) mass is 818 g/mol. The van der Waals surface area contributed by atoms with Crippen molar-refractivity contribution in [2.24, 2.45) is 0 Å². The summed E-state index contributed by atoms with van der Waals surface area (Å²) in [5.74, 6) is 1.67. The lowest BCUT2D eigenvalue weighted by molar-refractivity contribution is 0.668. The van der Waals surface area contributed by atoms with Crippen molar-refractivity contribution in [3.05, 3.63) is 206 Å². The van der Waals surface area contributed by atoms with Crippen molar-refractivity contribution in [2.75, 3.05) is 0 Å². The highest BCUT2D eigenvalue weighted by Crippen LogP contribution is 2.42. The third-order valence-corrected chi connectivity index (χ3v) is 12.9. The van der Waals surface area contributed by atoms with Gasteiger partial charge in [0.2, 0.25) is 0 Å². The molecule has 0 unspecified atom stereocenters. The number of furan rings is 2. The average molecular weight is 819 g/mol. The average Bonchev–Trinajstić information content (AvgIpc) is 4.11. The van der Waals surface area contributed by atoms with Crippen LogP contribution in [0.2, 0.25) is 0 Å². The molecule has 64 heavy (non-hydrogen) atoms. The number of rotatable bonds is 5. The highest BCUT2D eigenvalue weighted by molar-refractivity contribution is 6.23. The summed E-state index contributed by atoms with van der Waals surface area (Å²) in [6.07, 6.45) is 0. The minimum Gasteiger partial charge on any atom is -0.456 e. The number of benzene rings is 8. The number of nitrogens with zero attached hydrogens (tertiary/aromatic N) is 4. The number of hydrogen-bond donors (Lipinski definition) is 0. The van der Waals surface area contributed by atoms with E-state index in [1.807, 2.05) is 18.2 Å². The third-order valence-electron chi connectivity index (χ3n) is 12.9. The smallest absolute Gasteiger partial charge is 0.138 e. The van der Waals surface area contributed by atoms with Crippen LogP contribution < -0.4 is 0 Å². The molecule has 0 N–H and O–H groups in total. The first-order chi connectivity index (χ1) is 31.7. The third kappa shape index (κ3) is 5.14. The minimum atomic E-state index is 0.832. The summed E-state index contributed by atoms with van der Waals surface area (Å²) in [5.41, 5.74) is 13.9. The van der Waals surface area contributed by atoms with Crippen LogP contribution in [-0.2, 0) is 0 Å². The lowest BCUT2D eigenvalue weighted by Crippen LogP contribution is -2.02. The Balaban J connectivity index is 0.976. The number of fused-ring (bicyclic) bond motifs is 13. The van der Waals surface area contributed by atoms with Gasteiger partial charge in [-0.15, -0.1) is 0 Å². The first-order valence-corrected chi connectivity index (χ1v) is 21.6. The van der Waals surface area contributed by atoms with E-state index in [2.05, 4.69) is 197 Å². The van der Waals surface area contributed by atoms with Crippen LogP contribution in [0.25, 0.3) is 133 Å². The normalized spacial score (nSPS) is 12.1. The molecule has 0 spiro atoms. The summed E-state index contributed by atoms with van der Waals surface area (Å²) in [6.45, 7) is 0. The molecule has 0 radical (unpaired) electrons. The molecule has 0 amide bonds. The molecule has 8 aromatic carbocycles. The van der Waals surface area contributed by atoms with Gasteiger partial charge in [0.25, 0.3) is 0 Å². The molecule has 0 aliphatic rings. The van der Waals surface area contributed by atoms with Crippen LogP contribution in [0.15, 0.2) is 215 Å². The Morgan fingerprint density at radius 2 is 0.719 bits per heavy atom. The highest BCUT2D eigenvalue weighted by atomic mass is 16.3. The predicted octanol–water partition coefficient (Wildman–Crippen LogP) is 15.5. The second-order valence-corrected chi connectivity index (χ2v) is 16.5. The number of para-hydroxylation sites is 3. The Kier molecular flexibility index (Phi) is 7.30. The fourth-order valence-corrected chi connectivity index (χ4v) is 10.0. The molecule has 6 nitrogen and oxygen atoms in total. The number of pyridine rings is 2. The Morgan fingerprint density at radius 1 is 0.281 bits per heavy atom. The molecule has 6 aromatic heterocycles. The lowest BCUT2D eigenvalue weighted by atomic mass is 10.0. The maximum Gasteiger partial charge on any atom is 0.138 e. The second-order valence-electron chi connectivity index (χ2n) is 16.5. The number of hydrogen-bond acceptors (Lipinski definition) is 4. The van der Waals surface area contributed by atoms with Gasteiger partial charge in [0.15, 0.2) is 0 Å². The van der Waals surface area contributed by atoms with E-state index in [1.165, 1.54) is 5.56 Å². The zero-order valence-electron chi connectivity index (χ0n) is 34.2. The number of aromatic nitrogens is 4. The van der Waals surface area contributed by atoms with Crippen molar-refractivity contribution in [1.29, 1.82) is 0 Å². The Bertz CT molecular complexity index is 4210. The summed E-state index contributed by atoms with van der Waals surface area (Å²) in [4.78, 5) is 10.9. The van der Waals surface area contributed by atoms with Crippen molar-refractivity contribution >= 4 is 87.5 Å². The standard InChI is InChI=1S/C58H34N4O2/c1-2-12-35(13-3-1)36-24-29-53-45(32-36)46-34-38(26-31-54(46)64-53)48-18-11-23-56(60-48)62-50-20-8-5-15-40(50)43-28-27-42-39-14-4-7-19-49(39)61(57(42)58(43)62)55-22-10-17-47(59-55)37-25-30-52-44(33-37)41-16-6-9-21-51(41)63-52/h1-34H. The molecule has 14 rings (SSSR count). The van der Waals surface area contributed by atoms with Gasteiger partial charge in [0, 0.05) is 54.2 Å². The highest BCUT2D eigenvalue weighted by Gasteiger charge is 2.23. The zero-order valence-corrected chi connectivity index (χ0v) is 34.2. The topological polar surface area (TPSA) is 61.9 Å². The fraction of sp³-hybridized carbons (Fsp3) is 0. The van der Waals surface area contributed by atoms with E-state index in [4.69, 9.17) is 18.8 Å². The van der Waals surface area contributed by atoms with Gasteiger partial charge in [-0.3, -0.25) is 9.13 Å². The van der Waals surface area contributed by atoms with Gasteiger partial charge in [0.05, 0.1) is 33.5 Å². The zero-order chi connectivity index (χ0) is 41.9. The maximum absolute atomic E-state index is 6.35. The van der Waals surface area contributed by atoms with E-state index >= 15 is 0 Å². The first-order valence-electron chi connectivity index (χ1n) is 21.6. The quantitative estimate of drug-likeness (QED) is 0.174. The summed E-state index contributed by atoms with van der Waals surface area (Å²) in [6, 6.07) is 72.4. The van der Waals surface area contributed by atoms with E-state index in [1.54, 1.807) is 0 Å². The molecule has 0 aliphatic heterocycles. The van der Waals surface area contributed by atoms with E-state index in [0.29, 0.717) is 0 Å². The van der Waals surface area contributed by atoms with Crippen molar-refractivity contribution in [3.8, 4) is 45.3 Å². The van der Waals surface area contributed by atoms with Gasteiger partial charge in [0.1, 0.15) is 34.0 Å². The van der Waals surface area contributed by atoms with Gasteiger partial charge in [-0.05, 0) is 102 Å². The van der Waals surface area contributed by atoms with Crippen LogP contribution in [0.3, 0.4) is 0 Å². The first kappa shape index (κ1) is 34.9. The maximum atomic E-state index is 6.35. The largest absolute Gasteiger partial charge is 0.456 e. The van der Waals surface area contributed by atoms with Gasteiger partial charge in [-0.1, -0.05) is 115 Å². The van der Waals surface area contributed by atoms with E-state index in [9.17, 15) is 0 Å². The van der Waals surface area contributed by atoms with Gasteiger partial charge in [-0.25, -0.2) is 9.97 Å². The minimum absolute atomic E-state index is 0.832. The van der Waals surface area contributed by atoms with Gasteiger partial charge < -0.3 is 8.83 Å². The van der Waals surface area contributed by atoms with Gasteiger partial charge in [-0.2, -0.15) is 0 Å². The lowest BCUT2D eigenvalue weighted by Gasteiger charge is -2.13. The van der Waals surface area contributed by atoms with Crippen molar-refractivity contribution in [1.82, 2.24) is 19.1 Å². The molecule has 6 heteroatoms. The van der Waals surface area contributed by atoms with Crippen molar-refractivity contribution in [3.63, 3.8) is 0 Å². The molecular weight excluding hydrogens is 785 g/mol. The van der Waals surface area contributed by atoms with E-state index < -0.39 is 0 Å². The van der Waals surface area contributed by atoms with Crippen LogP contribution in [0.1, 0.15) is 0 Å². The fourth-order valence-electron chi connectivity index (χ4n) is 10.0. The Hall–Kier alpha value is -8.74. The van der Waals surface area contributed by atoms with E-state index in [0.717, 1.165) is 127 Å². The summed E-state index contributed by atoms with van der Waals surface area (Å²) >= 11 is 0. The second kappa shape index (κ2) is 13.4. The van der Waals surface area contributed by atoms with Crippen molar-refractivity contribution < 1.29 is 8.83 Å². The molecule has 0 bridgehead atoms. The molecule has 0 saturated carbocycles. The molecule has 298 valence electrons. The summed E-state index contributed by atoms with van der Waals surface area (Å²) in [7, 11) is 0. The van der Waals surface area contributed by atoms with Gasteiger partial charge >= 0.3 is 0 Å². The van der Waals surface area contributed by atoms with Crippen LogP contribution in [0.4, 0.5) is 0 Å². The molecule has 14 aromatic rings. The SMILES string of the molecule is c1ccc(-c2ccc3oc4ccc(-c5cccc(-n6c7ccccc7c7ccc8c9ccccc9n(-c9cccc(-c%10ccc%11oc%12ccccc%12c%11c%10)n9)c8c76)n5)cc4c3c2)cc1. The van der Waals surface area contributed by atoms with Crippen LogP contribution in [0.5, 0.6) is 0 Å². The van der Waals surface area contributed by atoms with Crippen LogP contribution >= 0.6 is 0 Å².